The van der Waals surface area contributed by atoms with E-state index in [4.69, 9.17) is 48.7 Å². The van der Waals surface area contributed by atoms with Crippen molar-refractivity contribution < 1.29 is 48.7 Å². The van der Waals surface area contributed by atoms with Crippen LogP contribution >= 0.6 is 15.6 Å². The van der Waals surface area contributed by atoms with Crippen LogP contribution in [-0.4, -0.2) is 157 Å². The Morgan fingerprint density at radius 2 is 0.667 bits per heavy atom. The van der Waals surface area contributed by atoms with Gasteiger partial charge in [-0.25, -0.2) is 0 Å². The molecule has 0 aliphatic heterocycles. The standard InChI is InChI=1S/2C6H6O.3Ba.2H3O4P/c2*7-6-4-2-1-3-5-6;;;;2*1-5(2,3)4/h2*1-5,7H;;;;2*(H3,1,2,3,4)/q;;3*+2;;/p-6. The Balaban J connectivity index is -0.0000000780. The van der Waals surface area contributed by atoms with Gasteiger partial charge in [0.1, 0.15) is 11.5 Å². The molecule has 2 rings (SSSR count). The summed E-state index contributed by atoms with van der Waals surface area (Å²) in [6.45, 7) is 0. The van der Waals surface area contributed by atoms with Crippen LogP contribution < -0.4 is 29.4 Å². The van der Waals surface area contributed by atoms with Crippen molar-refractivity contribution >= 4 is 162 Å². The van der Waals surface area contributed by atoms with Gasteiger partial charge in [-0.15, -0.1) is 0 Å². The number of phosphoric acid groups is 2. The van der Waals surface area contributed by atoms with Gasteiger partial charge >= 0.3 is 147 Å². The average molecular weight is 790 g/mol. The van der Waals surface area contributed by atoms with Crippen LogP contribution in [0.4, 0.5) is 0 Å². The third-order valence-corrected chi connectivity index (χ3v) is 1.51. The van der Waals surface area contributed by atoms with E-state index in [2.05, 4.69) is 0 Å². The number of benzene rings is 2. The first-order chi connectivity index (χ1) is 10.8. The zero-order valence-electron chi connectivity index (χ0n) is 13.9. The van der Waals surface area contributed by atoms with E-state index in [-0.39, 0.29) is 147 Å². The van der Waals surface area contributed by atoms with Crippen LogP contribution in [0, 0.1) is 0 Å². The summed E-state index contributed by atoms with van der Waals surface area (Å²) >= 11 is 0. The molecule has 2 aromatic rings. The first-order valence-electron chi connectivity index (χ1n) is 5.73. The topological polar surface area (TPSA) is 213 Å². The molecule has 27 heavy (non-hydrogen) atoms. The molecule has 0 heterocycles. The zero-order valence-corrected chi connectivity index (χ0v) is 29.1. The SMILES string of the molecule is O=P([O-])([O-])[O-].O=P([O-])([O-])[O-].Oc1ccccc1.Oc1ccccc1.[Ba+2].[Ba+2].[Ba+2]. The van der Waals surface area contributed by atoms with E-state index in [1.807, 2.05) is 12.1 Å². The van der Waals surface area contributed by atoms with Crippen LogP contribution in [0.1, 0.15) is 0 Å². The molecule has 2 aromatic carbocycles. The zero-order chi connectivity index (χ0) is 19.2. The minimum absolute atomic E-state index is 0. The van der Waals surface area contributed by atoms with E-state index in [0.29, 0.717) is 11.5 Å². The maximum Gasteiger partial charge on any atom is 2.00 e. The monoisotopic (exact) mass is 792 g/mol. The van der Waals surface area contributed by atoms with Gasteiger partial charge in [-0.05, 0) is 24.3 Å². The van der Waals surface area contributed by atoms with Crippen LogP contribution in [0.5, 0.6) is 11.5 Å². The Hall–Kier alpha value is 2.97. The van der Waals surface area contributed by atoms with Crippen molar-refractivity contribution in [2.45, 2.75) is 0 Å². The van der Waals surface area contributed by atoms with E-state index in [9.17, 15) is 0 Å². The number of para-hydroxylation sites is 2. The minimum Gasteiger partial charge on any atom is -0.822 e. The molecule has 136 valence electrons. The largest absolute Gasteiger partial charge is 2.00 e. The number of hydrogen-bond donors (Lipinski definition) is 2. The molecule has 0 unspecified atom stereocenters. The van der Waals surface area contributed by atoms with E-state index < -0.39 is 15.6 Å². The average Bonchev–Trinajstić information content (AvgIpc) is 2.37. The molecule has 0 saturated carbocycles. The van der Waals surface area contributed by atoms with Crippen molar-refractivity contribution in [3.8, 4) is 11.5 Å². The van der Waals surface area contributed by atoms with Crippen molar-refractivity contribution in [3.63, 3.8) is 0 Å². The summed E-state index contributed by atoms with van der Waals surface area (Å²) in [4.78, 5) is 51.3. The third-order valence-electron chi connectivity index (χ3n) is 1.51. The molecular formula is C12H12Ba3O10P2. The molecule has 0 saturated heterocycles. The second-order valence-corrected chi connectivity index (χ2v) is 5.35. The van der Waals surface area contributed by atoms with E-state index in [1.165, 1.54) is 0 Å². The summed E-state index contributed by atoms with van der Waals surface area (Å²) in [5.74, 6) is 0.644. The molecule has 0 spiro atoms. The van der Waals surface area contributed by atoms with Gasteiger partial charge < -0.3 is 48.7 Å². The molecule has 0 amide bonds. The van der Waals surface area contributed by atoms with Gasteiger partial charge in [0.25, 0.3) is 0 Å². The summed E-state index contributed by atoms with van der Waals surface area (Å²) in [6, 6.07) is 17.4. The maximum absolute atomic E-state index is 8.63. The van der Waals surface area contributed by atoms with Gasteiger partial charge in [0, 0.05) is 0 Å². The summed E-state index contributed by atoms with van der Waals surface area (Å²) in [7, 11) is -10.8. The Labute approximate surface area is 277 Å². The van der Waals surface area contributed by atoms with Crippen molar-refractivity contribution in [1.29, 1.82) is 0 Å². The van der Waals surface area contributed by atoms with Crippen molar-refractivity contribution in [2.75, 3.05) is 0 Å². The number of hydrogen-bond acceptors (Lipinski definition) is 10. The van der Waals surface area contributed by atoms with Gasteiger partial charge in [0.15, 0.2) is 0 Å². The summed E-state index contributed by atoms with van der Waals surface area (Å²) in [5, 5.41) is 17.3. The van der Waals surface area contributed by atoms with Gasteiger partial charge in [0.2, 0.25) is 0 Å². The fraction of sp³-hybridized carbons (Fsp3) is 0. The second kappa shape index (κ2) is 23.6. The molecule has 0 aromatic heterocycles. The Morgan fingerprint density at radius 3 is 0.741 bits per heavy atom. The molecule has 10 nitrogen and oxygen atoms in total. The van der Waals surface area contributed by atoms with Gasteiger partial charge in [0.05, 0.1) is 0 Å². The third kappa shape index (κ3) is 58.6. The number of phenols is 2. The number of aromatic hydroxyl groups is 2. The molecule has 15 heteroatoms. The van der Waals surface area contributed by atoms with Crippen molar-refractivity contribution in [3.05, 3.63) is 60.7 Å². The number of phenolic OH excluding ortho intramolecular Hbond substituents is 2. The van der Waals surface area contributed by atoms with Crippen LogP contribution in [0.15, 0.2) is 60.7 Å². The van der Waals surface area contributed by atoms with Crippen molar-refractivity contribution in [2.24, 2.45) is 0 Å². The predicted octanol–water partition coefficient (Wildman–Crippen LogP) is -4.01. The predicted molar refractivity (Wildman–Crippen MR) is 88.7 cm³/mol. The summed E-state index contributed by atoms with van der Waals surface area (Å²) in [5.41, 5.74) is 0. The number of rotatable bonds is 0. The molecule has 0 fully saturated rings. The van der Waals surface area contributed by atoms with Gasteiger partial charge in [-0.2, -0.15) is 15.6 Å². The smallest absolute Gasteiger partial charge is 0.822 e. The minimum atomic E-state index is -5.39. The van der Waals surface area contributed by atoms with Crippen LogP contribution in [0.3, 0.4) is 0 Å². The van der Waals surface area contributed by atoms with Gasteiger partial charge in [-0.1, -0.05) is 36.4 Å². The molecule has 0 radical (unpaired) electrons. The molecule has 2 N–H and O–H groups in total. The Morgan fingerprint density at radius 1 is 0.519 bits per heavy atom. The Kier molecular flexibility index (Phi) is 35.3. The molecule has 0 aliphatic carbocycles. The summed E-state index contributed by atoms with van der Waals surface area (Å²) in [6.07, 6.45) is 0. The fourth-order valence-electron chi connectivity index (χ4n) is 0.856. The first kappa shape index (κ1) is 40.3. The Bertz CT molecular complexity index is 562. The van der Waals surface area contributed by atoms with Crippen molar-refractivity contribution in [1.82, 2.24) is 0 Å². The van der Waals surface area contributed by atoms with Crippen LogP contribution in [0.25, 0.3) is 0 Å². The second-order valence-electron chi connectivity index (χ2n) is 3.57. The van der Waals surface area contributed by atoms with E-state index in [0.717, 1.165) is 0 Å². The molecular weight excluding hydrogens is 778 g/mol. The molecule has 0 atom stereocenters. The quantitative estimate of drug-likeness (QED) is 0.195. The van der Waals surface area contributed by atoms with E-state index >= 15 is 0 Å². The maximum atomic E-state index is 8.63. The normalized spacial score (nSPS) is 8.81. The van der Waals surface area contributed by atoms with Crippen LogP contribution in [0.2, 0.25) is 0 Å². The van der Waals surface area contributed by atoms with Crippen LogP contribution in [-0.2, 0) is 9.13 Å². The molecule has 0 aliphatic rings. The van der Waals surface area contributed by atoms with E-state index in [1.54, 1.807) is 48.5 Å². The van der Waals surface area contributed by atoms with Gasteiger partial charge in [-0.3, -0.25) is 0 Å². The fourth-order valence-corrected chi connectivity index (χ4v) is 0.856. The molecule has 0 bridgehead atoms. The first-order valence-corrected chi connectivity index (χ1v) is 8.65. The summed E-state index contributed by atoms with van der Waals surface area (Å²) < 4.78 is 17.1.